The predicted octanol–water partition coefficient (Wildman–Crippen LogP) is 2.16. The lowest BCUT2D eigenvalue weighted by molar-refractivity contribution is 0.477. The van der Waals surface area contributed by atoms with Crippen LogP contribution >= 0.6 is 0 Å². The first-order valence-corrected chi connectivity index (χ1v) is 4.34. The molecule has 0 unspecified atom stereocenters. The third-order valence-corrected chi connectivity index (χ3v) is 1.93. The van der Waals surface area contributed by atoms with Gasteiger partial charge in [0.1, 0.15) is 5.75 Å². The highest BCUT2D eigenvalue weighted by Crippen LogP contribution is 2.24. The Bertz CT molecular complexity index is 437. The van der Waals surface area contributed by atoms with E-state index in [0.29, 0.717) is 11.4 Å². The maximum Gasteiger partial charge on any atom is 0.162 e. The summed E-state index contributed by atoms with van der Waals surface area (Å²) in [6.45, 7) is 1.93. The molecule has 14 heavy (non-hydrogen) atoms. The number of hydrogen-bond acceptors (Lipinski definition) is 3. The van der Waals surface area contributed by atoms with Crippen molar-refractivity contribution in [2.24, 2.45) is 0 Å². The second kappa shape index (κ2) is 3.46. The minimum atomic E-state index is 0.205. The highest BCUT2D eigenvalue weighted by atomic mass is 16.3. The summed E-state index contributed by atoms with van der Waals surface area (Å²) >= 11 is 0. The van der Waals surface area contributed by atoms with Crippen molar-refractivity contribution in [1.29, 1.82) is 0 Å². The molecule has 70 valence electrons. The molecule has 2 aromatic rings. The van der Waals surface area contributed by atoms with Crippen molar-refractivity contribution in [3.63, 3.8) is 0 Å². The number of aromatic hydroxyl groups is 1. The fourth-order valence-corrected chi connectivity index (χ4v) is 1.19. The molecule has 0 atom stereocenters. The van der Waals surface area contributed by atoms with Crippen LogP contribution in [-0.4, -0.2) is 15.1 Å². The molecule has 0 saturated carbocycles. The van der Waals surface area contributed by atoms with Crippen LogP contribution in [0.15, 0.2) is 36.7 Å². The molecule has 2 rings (SSSR count). The zero-order valence-electron chi connectivity index (χ0n) is 7.81. The van der Waals surface area contributed by atoms with Crippen molar-refractivity contribution in [2.75, 3.05) is 0 Å². The number of hydrogen-bond donors (Lipinski definition) is 1. The van der Waals surface area contributed by atoms with Crippen LogP contribution in [0.4, 0.5) is 0 Å². The summed E-state index contributed by atoms with van der Waals surface area (Å²) in [5.74, 6) is 0.755. The van der Waals surface area contributed by atoms with Crippen LogP contribution in [-0.2, 0) is 0 Å². The first-order valence-electron chi connectivity index (χ1n) is 4.34. The van der Waals surface area contributed by atoms with E-state index in [4.69, 9.17) is 0 Å². The normalized spacial score (nSPS) is 10.1. The Morgan fingerprint density at radius 3 is 2.36 bits per heavy atom. The quantitative estimate of drug-likeness (QED) is 0.742. The third kappa shape index (κ3) is 1.57. The van der Waals surface area contributed by atoms with Gasteiger partial charge < -0.3 is 5.11 Å². The number of aryl methyl sites for hydroxylation is 1. The van der Waals surface area contributed by atoms with Crippen molar-refractivity contribution >= 4 is 0 Å². The van der Waals surface area contributed by atoms with Crippen molar-refractivity contribution in [3.05, 3.63) is 42.2 Å². The molecule has 0 aliphatic heterocycles. The first kappa shape index (κ1) is 8.69. The number of para-hydroxylation sites is 1. The minimum Gasteiger partial charge on any atom is -0.507 e. The lowest BCUT2D eigenvalue weighted by Gasteiger charge is -2.01. The van der Waals surface area contributed by atoms with Gasteiger partial charge in [0.05, 0.1) is 5.56 Å². The molecule has 0 radical (unpaired) electrons. The van der Waals surface area contributed by atoms with E-state index in [0.717, 1.165) is 5.56 Å². The van der Waals surface area contributed by atoms with Crippen molar-refractivity contribution in [2.45, 2.75) is 6.92 Å². The minimum absolute atomic E-state index is 0.205. The van der Waals surface area contributed by atoms with Crippen LogP contribution in [0.3, 0.4) is 0 Å². The number of rotatable bonds is 1. The summed E-state index contributed by atoms with van der Waals surface area (Å²) in [5, 5.41) is 9.55. The zero-order valence-corrected chi connectivity index (χ0v) is 7.81. The molecule has 1 heterocycles. The van der Waals surface area contributed by atoms with E-state index >= 15 is 0 Å². The van der Waals surface area contributed by atoms with Gasteiger partial charge in [-0.25, -0.2) is 9.97 Å². The molecule has 0 aliphatic carbocycles. The van der Waals surface area contributed by atoms with Gasteiger partial charge in [0.2, 0.25) is 0 Å². The Labute approximate surface area is 82.1 Å². The highest BCUT2D eigenvalue weighted by Gasteiger charge is 2.04. The lowest BCUT2D eigenvalue weighted by atomic mass is 10.2. The third-order valence-electron chi connectivity index (χ3n) is 1.93. The van der Waals surface area contributed by atoms with Crippen LogP contribution in [0.5, 0.6) is 5.75 Å². The van der Waals surface area contributed by atoms with Gasteiger partial charge in [-0.2, -0.15) is 0 Å². The second-order valence-electron chi connectivity index (χ2n) is 3.10. The smallest absolute Gasteiger partial charge is 0.162 e. The SMILES string of the molecule is Cc1cnc(-c2ccccc2O)nc1. The Morgan fingerprint density at radius 2 is 1.71 bits per heavy atom. The Balaban J connectivity index is 2.50. The van der Waals surface area contributed by atoms with E-state index in [1.165, 1.54) is 0 Å². The van der Waals surface area contributed by atoms with E-state index in [-0.39, 0.29) is 5.75 Å². The summed E-state index contributed by atoms with van der Waals surface area (Å²) in [6.07, 6.45) is 3.46. The van der Waals surface area contributed by atoms with Gasteiger partial charge in [-0.05, 0) is 24.6 Å². The predicted molar refractivity (Wildman–Crippen MR) is 53.9 cm³/mol. The zero-order chi connectivity index (χ0) is 9.97. The van der Waals surface area contributed by atoms with E-state index in [2.05, 4.69) is 9.97 Å². The average molecular weight is 186 g/mol. The van der Waals surface area contributed by atoms with Crippen LogP contribution < -0.4 is 0 Å². The van der Waals surface area contributed by atoms with Gasteiger partial charge in [-0.15, -0.1) is 0 Å². The molecule has 0 bridgehead atoms. The molecule has 0 aliphatic rings. The molecule has 0 spiro atoms. The van der Waals surface area contributed by atoms with Gasteiger partial charge in [0.25, 0.3) is 0 Å². The molecular formula is C11H10N2O. The summed E-state index contributed by atoms with van der Waals surface area (Å²) in [6, 6.07) is 7.03. The van der Waals surface area contributed by atoms with Crippen molar-refractivity contribution in [3.8, 4) is 17.1 Å². The summed E-state index contributed by atoms with van der Waals surface area (Å²) in [7, 11) is 0. The first-order chi connectivity index (χ1) is 6.77. The average Bonchev–Trinajstić information content (AvgIpc) is 2.20. The van der Waals surface area contributed by atoms with Gasteiger partial charge in [-0.1, -0.05) is 12.1 Å². The standard InChI is InChI=1S/C11H10N2O/c1-8-6-12-11(13-7-8)9-4-2-3-5-10(9)14/h2-7,14H,1H3. The van der Waals surface area contributed by atoms with Crippen LogP contribution in [0.1, 0.15) is 5.56 Å². The summed E-state index contributed by atoms with van der Waals surface area (Å²) in [5.41, 5.74) is 1.66. The van der Waals surface area contributed by atoms with E-state index in [1.54, 1.807) is 30.6 Å². The van der Waals surface area contributed by atoms with Gasteiger partial charge in [0, 0.05) is 12.4 Å². The summed E-state index contributed by atoms with van der Waals surface area (Å²) < 4.78 is 0. The number of aromatic nitrogens is 2. The molecule has 3 nitrogen and oxygen atoms in total. The Hall–Kier alpha value is -1.90. The highest BCUT2D eigenvalue weighted by molar-refractivity contribution is 5.62. The number of phenolic OH excluding ortho intramolecular Hbond substituents is 1. The molecule has 0 fully saturated rings. The molecule has 1 N–H and O–H groups in total. The van der Waals surface area contributed by atoms with E-state index in [1.807, 2.05) is 13.0 Å². The Kier molecular flexibility index (Phi) is 2.14. The molecule has 0 saturated heterocycles. The Morgan fingerprint density at radius 1 is 1.07 bits per heavy atom. The fourth-order valence-electron chi connectivity index (χ4n) is 1.19. The number of benzene rings is 1. The van der Waals surface area contributed by atoms with Crippen molar-refractivity contribution in [1.82, 2.24) is 9.97 Å². The topological polar surface area (TPSA) is 46.0 Å². The fraction of sp³-hybridized carbons (Fsp3) is 0.0909. The van der Waals surface area contributed by atoms with Crippen LogP contribution in [0.2, 0.25) is 0 Å². The maximum atomic E-state index is 9.55. The van der Waals surface area contributed by atoms with Crippen molar-refractivity contribution < 1.29 is 5.11 Å². The molecule has 1 aromatic carbocycles. The lowest BCUT2D eigenvalue weighted by Crippen LogP contribution is -1.89. The van der Waals surface area contributed by atoms with E-state index < -0.39 is 0 Å². The van der Waals surface area contributed by atoms with Gasteiger partial charge in [-0.3, -0.25) is 0 Å². The molecule has 1 aromatic heterocycles. The van der Waals surface area contributed by atoms with Gasteiger partial charge in [0.15, 0.2) is 5.82 Å². The number of phenols is 1. The van der Waals surface area contributed by atoms with Gasteiger partial charge >= 0.3 is 0 Å². The van der Waals surface area contributed by atoms with Crippen LogP contribution in [0.25, 0.3) is 11.4 Å². The molecular weight excluding hydrogens is 176 g/mol. The monoisotopic (exact) mass is 186 g/mol. The summed E-state index contributed by atoms with van der Waals surface area (Å²) in [4.78, 5) is 8.28. The number of nitrogens with zero attached hydrogens (tertiary/aromatic N) is 2. The maximum absolute atomic E-state index is 9.55. The molecule has 0 amide bonds. The largest absolute Gasteiger partial charge is 0.507 e. The van der Waals surface area contributed by atoms with Crippen LogP contribution in [0, 0.1) is 6.92 Å². The van der Waals surface area contributed by atoms with E-state index in [9.17, 15) is 5.11 Å². The second-order valence-corrected chi connectivity index (χ2v) is 3.10. The molecule has 3 heteroatoms.